The standard InChI is InChI=1S/C14H18N2S/c1-9(12-7-5-4-6-8-12)13(15)14-16-10(2)11(3)17-14/h4-9,13H,15H2,1-3H3. The van der Waals surface area contributed by atoms with Crippen LogP contribution in [0.15, 0.2) is 30.3 Å². The Morgan fingerprint density at radius 3 is 2.35 bits per heavy atom. The highest BCUT2D eigenvalue weighted by atomic mass is 32.1. The van der Waals surface area contributed by atoms with Crippen molar-refractivity contribution in [3.8, 4) is 0 Å². The Labute approximate surface area is 107 Å². The molecule has 3 heteroatoms. The molecule has 2 rings (SSSR count). The first-order chi connectivity index (χ1) is 8.09. The molecule has 0 fully saturated rings. The number of aryl methyl sites for hydroxylation is 2. The molecule has 0 saturated heterocycles. The van der Waals surface area contributed by atoms with Gasteiger partial charge in [0.2, 0.25) is 0 Å². The summed E-state index contributed by atoms with van der Waals surface area (Å²) in [6.45, 7) is 6.29. The van der Waals surface area contributed by atoms with Gasteiger partial charge in [0.05, 0.1) is 11.7 Å². The van der Waals surface area contributed by atoms with E-state index in [0.717, 1.165) is 10.7 Å². The Morgan fingerprint density at radius 2 is 1.82 bits per heavy atom. The third kappa shape index (κ3) is 2.56. The fourth-order valence-electron chi connectivity index (χ4n) is 1.82. The molecule has 0 saturated carbocycles. The molecule has 0 spiro atoms. The molecule has 2 unspecified atom stereocenters. The van der Waals surface area contributed by atoms with Crippen LogP contribution in [0.25, 0.3) is 0 Å². The first-order valence-electron chi connectivity index (χ1n) is 5.84. The van der Waals surface area contributed by atoms with Crippen molar-refractivity contribution < 1.29 is 0 Å². The molecule has 90 valence electrons. The van der Waals surface area contributed by atoms with Gasteiger partial charge >= 0.3 is 0 Å². The van der Waals surface area contributed by atoms with Crippen LogP contribution in [0.3, 0.4) is 0 Å². The first kappa shape index (κ1) is 12.3. The van der Waals surface area contributed by atoms with Crippen LogP contribution in [-0.2, 0) is 0 Å². The van der Waals surface area contributed by atoms with Gasteiger partial charge in [0.1, 0.15) is 5.01 Å². The van der Waals surface area contributed by atoms with Crippen molar-refractivity contribution in [3.63, 3.8) is 0 Å². The van der Waals surface area contributed by atoms with Crippen molar-refractivity contribution in [3.05, 3.63) is 51.5 Å². The van der Waals surface area contributed by atoms with Crippen LogP contribution in [0.1, 0.15) is 40.0 Å². The van der Waals surface area contributed by atoms with Gasteiger partial charge < -0.3 is 5.73 Å². The van der Waals surface area contributed by atoms with E-state index in [1.54, 1.807) is 11.3 Å². The van der Waals surface area contributed by atoms with E-state index in [1.807, 2.05) is 13.0 Å². The number of hydrogen-bond acceptors (Lipinski definition) is 3. The van der Waals surface area contributed by atoms with Crippen molar-refractivity contribution in [2.45, 2.75) is 32.7 Å². The summed E-state index contributed by atoms with van der Waals surface area (Å²) in [5.41, 5.74) is 8.67. The summed E-state index contributed by atoms with van der Waals surface area (Å²) in [6.07, 6.45) is 0. The fourth-order valence-corrected chi connectivity index (χ4v) is 2.85. The molecule has 2 aromatic rings. The number of aromatic nitrogens is 1. The maximum atomic E-state index is 6.30. The molecule has 2 atom stereocenters. The highest BCUT2D eigenvalue weighted by Crippen LogP contribution is 2.31. The van der Waals surface area contributed by atoms with E-state index < -0.39 is 0 Å². The Morgan fingerprint density at radius 1 is 1.18 bits per heavy atom. The third-order valence-electron chi connectivity index (χ3n) is 3.19. The Bertz CT molecular complexity index is 471. The predicted octanol–water partition coefficient (Wildman–Crippen LogP) is 3.56. The second-order valence-corrected chi connectivity index (χ2v) is 5.65. The second kappa shape index (κ2) is 4.98. The van der Waals surface area contributed by atoms with Gasteiger partial charge in [-0.25, -0.2) is 4.98 Å². The molecule has 1 aromatic carbocycles. The Hall–Kier alpha value is -1.19. The van der Waals surface area contributed by atoms with Crippen LogP contribution >= 0.6 is 11.3 Å². The average Bonchev–Trinajstić information content (AvgIpc) is 2.69. The zero-order valence-corrected chi connectivity index (χ0v) is 11.3. The minimum atomic E-state index is -0.0187. The van der Waals surface area contributed by atoms with Crippen LogP contribution in [0.4, 0.5) is 0 Å². The predicted molar refractivity (Wildman–Crippen MR) is 73.4 cm³/mol. The molecule has 0 amide bonds. The summed E-state index contributed by atoms with van der Waals surface area (Å²) in [6, 6.07) is 10.4. The van der Waals surface area contributed by atoms with Crippen LogP contribution in [-0.4, -0.2) is 4.98 Å². The smallest absolute Gasteiger partial charge is 0.110 e. The zero-order valence-electron chi connectivity index (χ0n) is 10.5. The molecular weight excluding hydrogens is 228 g/mol. The van der Waals surface area contributed by atoms with E-state index in [4.69, 9.17) is 5.73 Å². The maximum absolute atomic E-state index is 6.30. The van der Waals surface area contributed by atoms with Crippen molar-refractivity contribution in [1.29, 1.82) is 0 Å². The van der Waals surface area contributed by atoms with Gasteiger partial charge in [-0.1, -0.05) is 37.3 Å². The number of benzene rings is 1. The lowest BCUT2D eigenvalue weighted by Crippen LogP contribution is -2.17. The molecule has 0 aliphatic carbocycles. The molecule has 1 heterocycles. The van der Waals surface area contributed by atoms with Crippen molar-refractivity contribution in [2.75, 3.05) is 0 Å². The van der Waals surface area contributed by atoms with Crippen LogP contribution < -0.4 is 5.73 Å². The summed E-state index contributed by atoms with van der Waals surface area (Å²) in [4.78, 5) is 5.81. The van der Waals surface area contributed by atoms with Gasteiger partial charge in [-0.05, 0) is 19.4 Å². The maximum Gasteiger partial charge on any atom is 0.110 e. The molecule has 1 aromatic heterocycles. The fraction of sp³-hybridized carbons (Fsp3) is 0.357. The van der Waals surface area contributed by atoms with Crippen molar-refractivity contribution in [1.82, 2.24) is 4.98 Å². The average molecular weight is 246 g/mol. The Kier molecular flexibility index (Phi) is 3.60. The lowest BCUT2D eigenvalue weighted by Gasteiger charge is -2.18. The highest BCUT2D eigenvalue weighted by molar-refractivity contribution is 7.11. The Balaban J connectivity index is 2.23. The van der Waals surface area contributed by atoms with E-state index >= 15 is 0 Å². The number of rotatable bonds is 3. The lowest BCUT2D eigenvalue weighted by atomic mass is 9.94. The molecule has 0 bridgehead atoms. The minimum absolute atomic E-state index is 0.0187. The molecule has 0 radical (unpaired) electrons. The minimum Gasteiger partial charge on any atom is -0.321 e. The summed E-state index contributed by atoms with van der Waals surface area (Å²) >= 11 is 1.71. The van der Waals surface area contributed by atoms with Gasteiger partial charge in [0, 0.05) is 10.8 Å². The van der Waals surface area contributed by atoms with E-state index in [-0.39, 0.29) is 6.04 Å². The monoisotopic (exact) mass is 246 g/mol. The van der Waals surface area contributed by atoms with Gasteiger partial charge in [0.15, 0.2) is 0 Å². The van der Waals surface area contributed by atoms with Gasteiger partial charge in [-0.15, -0.1) is 11.3 Å². The summed E-state index contributed by atoms with van der Waals surface area (Å²) < 4.78 is 0. The molecular formula is C14H18N2S. The third-order valence-corrected chi connectivity index (χ3v) is 4.37. The number of nitrogens with two attached hydrogens (primary N) is 1. The summed E-state index contributed by atoms with van der Waals surface area (Å²) in [5.74, 6) is 0.293. The van der Waals surface area contributed by atoms with E-state index in [0.29, 0.717) is 5.92 Å². The van der Waals surface area contributed by atoms with Crippen molar-refractivity contribution in [2.24, 2.45) is 5.73 Å². The first-order valence-corrected chi connectivity index (χ1v) is 6.65. The molecule has 0 aliphatic rings. The van der Waals surface area contributed by atoms with Crippen LogP contribution in [0, 0.1) is 13.8 Å². The highest BCUT2D eigenvalue weighted by Gasteiger charge is 2.20. The quantitative estimate of drug-likeness (QED) is 0.899. The second-order valence-electron chi connectivity index (χ2n) is 4.42. The van der Waals surface area contributed by atoms with E-state index in [9.17, 15) is 0 Å². The number of hydrogen-bond donors (Lipinski definition) is 1. The molecule has 2 N–H and O–H groups in total. The summed E-state index contributed by atoms with van der Waals surface area (Å²) in [5, 5.41) is 1.04. The van der Waals surface area contributed by atoms with Gasteiger partial charge in [-0.3, -0.25) is 0 Å². The van der Waals surface area contributed by atoms with Gasteiger partial charge in [-0.2, -0.15) is 0 Å². The van der Waals surface area contributed by atoms with Gasteiger partial charge in [0.25, 0.3) is 0 Å². The largest absolute Gasteiger partial charge is 0.321 e. The molecule has 2 nitrogen and oxygen atoms in total. The molecule has 17 heavy (non-hydrogen) atoms. The van der Waals surface area contributed by atoms with Crippen LogP contribution in [0.5, 0.6) is 0 Å². The zero-order chi connectivity index (χ0) is 12.4. The summed E-state index contributed by atoms with van der Waals surface area (Å²) in [7, 11) is 0. The molecule has 0 aliphatic heterocycles. The lowest BCUT2D eigenvalue weighted by molar-refractivity contribution is 0.593. The topological polar surface area (TPSA) is 38.9 Å². The van der Waals surface area contributed by atoms with Crippen molar-refractivity contribution >= 4 is 11.3 Å². The van der Waals surface area contributed by atoms with E-state index in [2.05, 4.69) is 43.1 Å². The number of thiazole rings is 1. The van der Waals surface area contributed by atoms with Crippen LogP contribution in [0.2, 0.25) is 0 Å². The number of nitrogens with zero attached hydrogens (tertiary/aromatic N) is 1. The SMILES string of the molecule is Cc1nc(C(N)C(C)c2ccccc2)sc1C. The van der Waals surface area contributed by atoms with E-state index in [1.165, 1.54) is 10.4 Å². The normalized spacial score (nSPS) is 14.6.